The molecule has 1 aromatic rings. The van der Waals surface area contributed by atoms with Gasteiger partial charge in [-0.05, 0) is 25.5 Å². The second kappa shape index (κ2) is 7.27. The van der Waals surface area contributed by atoms with Crippen LogP contribution in [-0.2, 0) is 0 Å². The normalized spacial score (nSPS) is 11.4. The third-order valence-corrected chi connectivity index (χ3v) is 2.70. The largest absolute Gasteiger partial charge is 0.487 e. The van der Waals surface area contributed by atoms with Crippen LogP contribution in [0.3, 0.4) is 0 Å². The maximum Gasteiger partial charge on any atom is 0.333 e. The lowest BCUT2D eigenvalue weighted by atomic mass is 10.1. The molecule has 0 saturated heterocycles. The number of benzene rings is 1. The summed E-state index contributed by atoms with van der Waals surface area (Å²) in [6, 6.07) is 5.00. The second-order valence-corrected chi connectivity index (χ2v) is 4.00. The van der Waals surface area contributed by atoms with E-state index in [9.17, 15) is 10.1 Å². The van der Waals surface area contributed by atoms with Crippen LogP contribution in [0.5, 0.6) is 5.75 Å². The number of nitrogens with zero attached hydrogens (tertiary/aromatic N) is 1. The van der Waals surface area contributed by atoms with Gasteiger partial charge in [-0.1, -0.05) is 13.0 Å². The number of para-hydroxylation sites is 1. The Labute approximate surface area is 113 Å². The van der Waals surface area contributed by atoms with Gasteiger partial charge in [0.15, 0.2) is 5.75 Å². The molecule has 0 spiro atoms. The average molecular weight is 262 g/mol. The summed E-state index contributed by atoms with van der Waals surface area (Å²) in [7, 11) is 0. The molecule has 1 rings (SSSR count). The van der Waals surface area contributed by atoms with Gasteiger partial charge in [-0.25, -0.2) is 0 Å². The third-order valence-electron chi connectivity index (χ3n) is 2.70. The summed E-state index contributed by atoms with van der Waals surface area (Å²) in [6.45, 7) is 4.15. The fourth-order valence-corrected chi connectivity index (χ4v) is 1.76. The van der Waals surface area contributed by atoms with Crippen LogP contribution in [0.2, 0.25) is 0 Å². The molecule has 1 atom stereocenters. The third kappa shape index (κ3) is 3.88. The zero-order valence-electron chi connectivity index (χ0n) is 11.2. The molecule has 0 saturated carbocycles. The van der Waals surface area contributed by atoms with E-state index < -0.39 is 4.92 Å². The van der Waals surface area contributed by atoms with Crippen LogP contribution in [0.15, 0.2) is 18.2 Å². The molecule has 102 valence electrons. The van der Waals surface area contributed by atoms with Crippen molar-refractivity contribution in [1.29, 1.82) is 0 Å². The van der Waals surface area contributed by atoms with Crippen molar-refractivity contribution in [3.63, 3.8) is 0 Å². The quantitative estimate of drug-likeness (QED) is 0.465. The first-order chi connectivity index (χ1) is 9.13. The molecule has 1 unspecified atom stereocenters. The first kappa shape index (κ1) is 14.8. The summed E-state index contributed by atoms with van der Waals surface area (Å²) in [6.07, 6.45) is 6.60. The second-order valence-electron chi connectivity index (χ2n) is 4.00. The predicted molar refractivity (Wildman–Crippen MR) is 75.4 cm³/mol. The Hall–Kier alpha value is -2.22. The Bertz CT molecular complexity index is 480. The van der Waals surface area contributed by atoms with E-state index in [1.54, 1.807) is 25.1 Å². The van der Waals surface area contributed by atoms with Crippen LogP contribution in [0.25, 0.3) is 0 Å². The molecule has 0 fully saturated rings. The minimum atomic E-state index is -0.435. The Morgan fingerprint density at radius 3 is 2.79 bits per heavy atom. The molecule has 0 aliphatic rings. The molecule has 1 N–H and O–H groups in total. The highest BCUT2D eigenvalue weighted by Crippen LogP contribution is 2.35. The maximum absolute atomic E-state index is 11.2. The summed E-state index contributed by atoms with van der Waals surface area (Å²) in [5.74, 6) is 2.84. The summed E-state index contributed by atoms with van der Waals surface area (Å²) in [5, 5.41) is 14.3. The zero-order valence-corrected chi connectivity index (χ0v) is 11.2. The van der Waals surface area contributed by atoms with E-state index in [0.717, 1.165) is 6.42 Å². The van der Waals surface area contributed by atoms with Gasteiger partial charge in [-0.15, -0.1) is 12.3 Å². The topological polar surface area (TPSA) is 64.4 Å². The maximum atomic E-state index is 11.2. The fourth-order valence-electron chi connectivity index (χ4n) is 1.76. The van der Waals surface area contributed by atoms with Gasteiger partial charge in [0, 0.05) is 12.5 Å². The first-order valence-electron chi connectivity index (χ1n) is 6.24. The van der Waals surface area contributed by atoms with Crippen LogP contribution >= 0.6 is 0 Å². The molecule has 1 aromatic carbocycles. The number of rotatable bonds is 7. The zero-order chi connectivity index (χ0) is 14.3. The van der Waals surface area contributed by atoms with E-state index in [4.69, 9.17) is 11.2 Å². The number of anilines is 1. The lowest BCUT2D eigenvalue weighted by molar-refractivity contribution is -0.385. The van der Waals surface area contributed by atoms with Gasteiger partial charge >= 0.3 is 5.69 Å². The Morgan fingerprint density at radius 1 is 1.53 bits per heavy atom. The van der Waals surface area contributed by atoms with Crippen molar-refractivity contribution < 1.29 is 9.66 Å². The highest BCUT2D eigenvalue weighted by atomic mass is 16.6. The van der Waals surface area contributed by atoms with Crippen LogP contribution in [-0.4, -0.2) is 17.6 Å². The number of hydrogen-bond donors (Lipinski definition) is 1. The van der Waals surface area contributed by atoms with Crippen molar-refractivity contribution >= 4 is 11.4 Å². The minimum absolute atomic E-state index is 0.0144. The van der Waals surface area contributed by atoms with E-state index in [1.165, 1.54) is 0 Å². The molecule has 0 aliphatic heterocycles. The summed E-state index contributed by atoms with van der Waals surface area (Å²) >= 11 is 0. The van der Waals surface area contributed by atoms with Crippen molar-refractivity contribution in [2.45, 2.75) is 32.7 Å². The standard InChI is InChI=1S/C14H18N2O3/c1-4-8-11(5-2)15-12-9-7-10-13(19-6-3)14(12)16(17)18/h1,7,9-11,15H,5-6,8H2,2-3H3. The predicted octanol–water partition coefficient (Wildman–Crippen LogP) is 3.21. The number of nitro benzene ring substituents is 1. The molecule has 0 bridgehead atoms. The number of ether oxygens (including phenoxy) is 1. The Morgan fingerprint density at radius 2 is 2.26 bits per heavy atom. The fraction of sp³-hybridized carbons (Fsp3) is 0.429. The lowest BCUT2D eigenvalue weighted by Gasteiger charge is -2.16. The van der Waals surface area contributed by atoms with Crippen molar-refractivity contribution in [2.75, 3.05) is 11.9 Å². The SMILES string of the molecule is C#CCC(CC)Nc1cccc(OCC)c1[N+](=O)[O-]. The van der Waals surface area contributed by atoms with Crippen molar-refractivity contribution in [2.24, 2.45) is 0 Å². The molecule has 0 radical (unpaired) electrons. The molecule has 19 heavy (non-hydrogen) atoms. The number of hydrogen-bond acceptors (Lipinski definition) is 4. The average Bonchev–Trinajstić information content (AvgIpc) is 2.38. The van der Waals surface area contributed by atoms with E-state index in [-0.39, 0.29) is 17.5 Å². The molecular formula is C14H18N2O3. The van der Waals surface area contributed by atoms with E-state index in [0.29, 0.717) is 18.7 Å². The van der Waals surface area contributed by atoms with Crippen molar-refractivity contribution in [1.82, 2.24) is 0 Å². The van der Waals surface area contributed by atoms with Gasteiger partial charge in [0.2, 0.25) is 0 Å². The highest BCUT2D eigenvalue weighted by molar-refractivity contribution is 5.68. The van der Waals surface area contributed by atoms with Gasteiger partial charge in [0.25, 0.3) is 0 Å². The summed E-state index contributed by atoms with van der Waals surface area (Å²) in [5.41, 5.74) is 0.401. The molecular weight excluding hydrogens is 244 g/mol. The highest BCUT2D eigenvalue weighted by Gasteiger charge is 2.22. The Balaban J connectivity index is 3.09. The van der Waals surface area contributed by atoms with E-state index >= 15 is 0 Å². The first-order valence-corrected chi connectivity index (χ1v) is 6.24. The number of terminal acetylenes is 1. The van der Waals surface area contributed by atoms with Gasteiger partial charge in [-0.2, -0.15) is 0 Å². The van der Waals surface area contributed by atoms with Gasteiger partial charge in [0.05, 0.1) is 11.5 Å². The number of nitro groups is 1. The number of nitrogens with one attached hydrogen (secondary N) is 1. The summed E-state index contributed by atoms with van der Waals surface area (Å²) < 4.78 is 5.29. The lowest BCUT2D eigenvalue weighted by Crippen LogP contribution is -2.18. The molecule has 5 heteroatoms. The van der Waals surface area contributed by atoms with E-state index in [2.05, 4.69) is 11.2 Å². The Kier molecular flexibility index (Phi) is 5.68. The van der Waals surface area contributed by atoms with Crippen molar-refractivity contribution in [3.05, 3.63) is 28.3 Å². The van der Waals surface area contributed by atoms with Crippen LogP contribution in [0.1, 0.15) is 26.7 Å². The molecule has 0 aliphatic carbocycles. The molecule has 0 amide bonds. The summed E-state index contributed by atoms with van der Waals surface area (Å²) in [4.78, 5) is 10.8. The molecule has 0 aromatic heterocycles. The van der Waals surface area contributed by atoms with E-state index in [1.807, 2.05) is 6.92 Å². The van der Waals surface area contributed by atoms with Crippen LogP contribution in [0.4, 0.5) is 11.4 Å². The molecule has 5 nitrogen and oxygen atoms in total. The smallest absolute Gasteiger partial charge is 0.333 e. The van der Waals surface area contributed by atoms with Gasteiger partial charge in [-0.3, -0.25) is 10.1 Å². The monoisotopic (exact) mass is 262 g/mol. The van der Waals surface area contributed by atoms with Crippen molar-refractivity contribution in [3.8, 4) is 18.1 Å². The van der Waals surface area contributed by atoms with Gasteiger partial charge < -0.3 is 10.1 Å². The minimum Gasteiger partial charge on any atom is -0.487 e. The van der Waals surface area contributed by atoms with Gasteiger partial charge in [0.1, 0.15) is 5.69 Å². The van der Waals surface area contributed by atoms with Crippen LogP contribution in [0, 0.1) is 22.5 Å². The van der Waals surface area contributed by atoms with Crippen LogP contribution < -0.4 is 10.1 Å². The molecule has 0 heterocycles.